The van der Waals surface area contributed by atoms with Gasteiger partial charge >= 0.3 is 0 Å². The molecule has 0 spiro atoms. The van der Waals surface area contributed by atoms with Gasteiger partial charge in [-0.3, -0.25) is 4.98 Å². The van der Waals surface area contributed by atoms with E-state index in [0.29, 0.717) is 18.1 Å². The van der Waals surface area contributed by atoms with Gasteiger partial charge in [0.05, 0.1) is 53.5 Å². The lowest BCUT2D eigenvalue weighted by Crippen LogP contribution is -2.47. The number of anilines is 2. The van der Waals surface area contributed by atoms with E-state index in [0.717, 1.165) is 29.8 Å². The van der Waals surface area contributed by atoms with E-state index in [9.17, 15) is 17.2 Å². The third kappa shape index (κ3) is 8.03. The molecule has 1 aliphatic heterocycles. The number of hydrogen-bond donors (Lipinski definition) is 4. The van der Waals surface area contributed by atoms with Gasteiger partial charge in [-0.2, -0.15) is 0 Å². The molecule has 0 unspecified atom stereocenters. The van der Waals surface area contributed by atoms with Gasteiger partial charge in [0.1, 0.15) is 27.1 Å². The molecule has 0 bridgehead atoms. The summed E-state index contributed by atoms with van der Waals surface area (Å²) in [7, 11) is -3.13. The highest BCUT2D eigenvalue weighted by Crippen LogP contribution is 2.40. The number of alkyl halides is 1. The van der Waals surface area contributed by atoms with Gasteiger partial charge in [-0.1, -0.05) is 6.92 Å². The molecule has 2 fully saturated rings. The predicted molar refractivity (Wildman–Crippen MR) is 170 cm³/mol. The number of sulfone groups is 1. The third-order valence-electron chi connectivity index (χ3n) is 8.65. The van der Waals surface area contributed by atoms with Crippen molar-refractivity contribution in [2.75, 3.05) is 37.1 Å². The fourth-order valence-corrected chi connectivity index (χ4v) is 6.65. The number of nitrogens with two attached hydrogens (primary N) is 1. The Bertz CT molecular complexity index is 1660. The number of pyridine rings is 1. The number of benzene rings is 1. The second-order valence-corrected chi connectivity index (χ2v) is 14.4. The lowest BCUT2D eigenvalue weighted by atomic mass is 9.74. The van der Waals surface area contributed by atoms with Crippen molar-refractivity contribution >= 4 is 33.3 Å². The molecule has 248 valence electrons. The Labute approximate surface area is 266 Å². The van der Waals surface area contributed by atoms with E-state index in [2.05, 4.69) is 20.3 Å². The van der Waals surface area contributed by atoms with Crippen LogP contribution in [0.4, 0.5) is 24.8 Å². The van der Waals surface area contributed by atoms with Crippen molar-refractivity contribution in [1.82, 2.24) is 15.0 Å². The zero-order valence-corrected chi connectivity index (χ0v) is 26.5. The van der Waals surface area contributed by atoms with Gasteiger partial charge in [0.2, 0.25) is 5.95 Å². The van der Waals surface area contributed by atoms with Crippen LogP contribution in [0.1, 0.15) is 60.9 Å². The van der Waals surface area contributed by atoms with Gasteiger partial charge in [0, 0.05) is 44.5 Å². The van der Waals surface area contributed by atoms with Crippen molar-refractivity contribution in [2.45, 2.75) is 56.3 Å². The van der Waals surface area contributed by atoms with Crippen LogP contribution in [-0.2, 0) is 25.0 Å². The minimum atomic E-state index is -3.13. The number of halogens is 3. The van der Waals surface area contributed by atoms with Gasteiger partial charge in [-0.05, 0) is 66.2 Å². The Morgan fingerprint density at radius 3 is 2.63 bits per heavy atom. The summed E-state index contributed by atoms with van der Waals surface area (Å²) in [4.78, 5) is 11.7. The Morgan fingerprint density at radius 1 is 1.24 bits per heavy atom. The van der Waals surface area contributed by atoms with Crippen molar-refractivity contribution in [3.8, 4) is 0 Å². The van der Waals surface area contributed by atoms with Crippen LogP contribution >= 0.6 is 0 Å². The van der Waals surface area contributed by atoms with E-state index in [-0.39, 0.29) is 68.0 Å². The molecule has 5 rings (SSSR count). The zero-order chi connectivity index (χ0) is 33.1. The van der Waals surface area contributed by atoms with E-state index in [1.54, 1.807) is 12.4 Å². The second kappa shape index (κ2) is 14.0. The highest BCUT2D eigenvalue weighted by molar-refractivity contribution is 7.90. The summed E-state index contributed by atoms with van der Waals surface area (Å²) >= 11 is 0. The van der Waals surface area contributed by atoms with Gasteiger partial charge in [0.25, 0.3) is 0 Å². The maximum absolute atomic E-state index is 15.3. The molecule has 2 aliphatic rings. The van der Waals surface area contributed by atoms with E-state index in [1.807, 2.05) is 13.0 Å². The van der Waals surface area contributed by atoms with Crippen LogP contribution in [0.25, 0.3) is 6.08 Å². The first-order chi connectivity index (χ1) is 21.8. The van der Waals surface area contributed by atoms with Crippen molar-refractivity contribution in [3.05, 3.63) is 76.9 Å². The Balaban J connectivity index is 1.24. The molecule has 10 nitrogen and oxygen atoms in total. The second-order valence-electron chi connectivity index (χ2n) is 12.2. The molecule has 3 aromatic rings. The van der Waals surface area contributed by atoms with E-state index in [1.165, 1.54) is 24.6 Å². The Kier molecular flexibility index (Phi) is 10.3. The van der Waals surface area contributed by atoms with Crippen LogP contribution in [0.3, 0.4) is 0 Å². The molecule has 3 heterocycles. The highest BCUT2D eigenvalue weighted by Gasteiger charge is 2.37. The molecule has 4 atom stereocenters. The number of nitrogens with one attached hydrogen (secondary N) is 3. The number of nitrogens with zero attached hydrogens (tertiary/aromatic N) is 2. The van der Waals surface area contributed by atoms with E-state index >= 15 is 4.39 Å². The number of hydrogen-bond acceptors (Lipinski definition) is 9. The smallest absolute Gasteiger partial charge is 0.205 e. The molecule has 14 heteroatoms. The van der Waals surface area contributed by atoms with Crippen LogP contribution < -0.4 is 11.1 Å². The topological polar surface area (TPSA) is 156 Å². The molecule has 5 N–H and O–H groups in total. The van der Waals surface area contributed by atoms with Crippen LogP contribution in [0.5, 0.6) is 0 Å². The number of rotatable bonds is 11. The number of imidazole rings is 1. The highest BCUT2D eigenvalue weighted by atomic mass is 32.2. The number of aromatic amines is 1. The average molecular weight is 661 g/mol. The van der Waals surface area contributed by atoms with E-state index in [4.69, 9.17) is 20.6 Å². The summed E-state index contributed by atoms with van der Waals surface area (Å²) in [5, 5.41) is 11.5. The van der Waals surface area contributed by atoms with Crippen molar-refractivity contribution in [1.29, 1.82) is 5.41 Å². The Hall–Kier alpha value is -3.59. The quantitative estimate of drug-likeness (QED) is 0.206. The molecule has 2 aromatic heterocycles. The maximum Gasteiger partial charge on any atom is 0.205 e. The lowest BCUT2D eigenvalue weighted by molar-refractivity contribution is -0.0152. The molecule has 0 amide bonds. The van der Waals surface area contributed by atoms with Gasteiger partial charge in [0.15, 0.2) is 0 Å². The molecule has 0 radical (unpaired) electrons. The molecule has 1 saturated heterocycles. The molecule has 46 heavy (non-hydrogen) atoms. The van der Waals surface area contributed by atoms with Crippen molar-refractivity contribution in [2.24, 2.45) is 11.7 Å². The summed E-state index contributed by atoms with van der Waals surface area (Å²) in [5.41, 5.74) is 5.76. The zero-order valence-electron chi connectivity index (χ0n) is 25.7. The minimum absolute atomic E-state index is 0.0109. The van der Waals surface area contributed by atoms with Crippen LogP contribution in [-0.4, -0.2) is 73.1 Å². The summed E-state index contributed by atoms with van der Waals surface area (Å²) in [6.45, 7) is 2.49. The monoisotopic (exact) mass is 660 g/mol. The minimum Gasteiger partial charge on any atom is -0.381 e. The summed E-state index contributed by atoms with van der Waals surface area (Å²) < 4.78 is 79.1. The largest absolute Gasteiger partial charge is 0.381 e. The Morgan fingerprint density at radius 2 is 1.96 bits per heavy atom. The first-order valence-electron chi connectivity index (χ1n) is 15.2. The summed E-state index contributed by atoms with van der Waals surface area (Å²) in [5.74, 6) is -1.49. The molecule has 1 aromatic carbocycles. The SMILES string of the molecule is C[C@H]1C[C@@H](c2ccncc2Nc2ncc(/C=C\C(=N)c3c(F)cc(C4(F)CCOCC4)cc3F)[nH]2)C[C@@H](N)[C@H]1OCCS(C)(=O)=O. The summed E-state index contributed by atoms with van der Waals surface area (Å²) in [6.07, 6.45) is 9.97. The van der Waals surface area contributed by atoms with Crippen molar-refractivity contribution in [3.63, 3.8) is 0 Å². The third-order valence-corrected chi connectivity index (χ3v) is 9.56. The average Bonchev–Trinajstić information content (AvgIpc) is 3.44. The number of aromatic nitrogens is 3. The number of allylic oxidation sites excluding steroid dienone is 1. The first-order valence-corrected chi connectivity index (χ1v) is 17.2. The van der Waals surface area contributed by atoms with Gasteiger partial charge in [-0.25, -0.2) is 26.6 Å². The number of ether oxygens (including phenoxy) is 2. The predicted octanol–water partition coefficient (Wildman–Crippen LogP) is 5.15. The fourth-order valence-electron chi connectivity index (χ4n) is 6.25. The normalized spacial score (nSPS) is 23.4. The maximum atomic E-state index is 15.3. The molecular weight excluding hydrogens is 621 g/mol. The summed E-state index contributed by atoms with van der Waals surface area (Å²) in [6, 6.07) is 3.56. The van der Waals surface area contributed by atoms with E-state index < -0.39 is 38.4 Å². The first kappa shape index (κ1) is 33.8. The molecule has 1 saturated carbocycles. The van der Waals surface area contributed by atoms with Gasteiger partial charge < -0.3 is 30.9 Å². The lowest BCUT2D eigenvalue weighted by Gasteiger charge is -2.39. The molecular formula is C32H39F3N6O4S. The van der Waals surface area contributed by atoms with Gasteiger partial charge in [-0.15, -0.1) is 0 Å². The van der Waals surface area contributed by atoms with Crippen LogP contribution in [0, 0.1) is 23.0 Å². The molecule has 1 aliphatic carbocycles. The van der Waals surface area contributed by atoms with Crippen molar-refractivity contribution < 1.29 is 31.1 Å². The fraction of sp³-hybridized carbons (Fsp3) is 0.469. The standard InChI is InChI=1S/C32H39F3N6O4S/c1-19-13-20(14-27(37)30(19)45-11-12-46(2,42)43)23-5-8-38-18-28(23)41-31-39-17-22(40-31)3-4-26(36)29-24(33)15-21(16-25(29)34)32(35)6-9-44-10-7-32/h3-5,8,15-20,27,30,36H,6-7,9-14,37H2,1-2H3,(H2,39,40,41)/b4-3-,36-26?/t19-,20+,27+,30-/m0/s1. The van der Waals surface area contributed by atoms with Crippen LogP contribution in [0.15, 0.2) is 42.9 Å². The van der Waals surface area contributed by atoms with Crippen LogP contribution in [0.2, 0.25) is 0 Å². The number of H-pyrrole nitrogens is 1.